The Morgan fingerprint density at radius 2 is 2.08 bits per heavy atom. The number of aryl methyl sites for hydroxylation is 1. The molecule has 2 N–H and O–H groups in total. The molecule has 3 heterocycles. The summed E-state index contributed by atoms with van der Waals surface area (Å²) in [5.74, 6) is 0.499. The lowest BCUT2D eigenvalue weighted by atomic mass is 9.96. The first kappa shape index (κ1) is 18.8. The van der Waals surface area contributed by atoms with Crippen molar-refractivity contribution in [2.24, 2.45) is 13.0 Å². The van der Waals surface area contributed by atoms with Crippen molar-refractivity contribution >= 4 is 11.6 Å². The van der Waals surface area contributed by atoms with Gasteiger partial charge in [0.15, 0.2) is 0 Å². The van der Waals surface area contributed by atoms with Crippen molar-refractivity contribution in [3.63, 3.8) is 0 Å². The minimum Gasteiger partial charge on any atom is -0.392 e. The molecule has 144 valence electrons. The van der Waals surface area contributed by atoms with Gasteiger partial charge in [0.1, 0.15) is 0 Å². The van der Waals surface area contributed by atoms with E-state index in [-0.39, 0.29) is 17.6 Å². The van der Waals surface area contributed by atoms with Crippen molar-refractivity contribution in [3.8, 4) is 0 Å². The van der Waals surface area contributed by atoms with E-state index in [1.165, 1.54) is 4.68 Å². The number of anilines is 1. The van der Waals surface area contributed by atoms with Crippen LogP contribution in [0.2, 0.25) is 0 Å². The predicted octanol–water partition coefficient (Wildman–Crippen LogP) is -0.430. The highest BCUT2D eigenvalue weighted by Crippen LogP contribution is 2.21. The van der Waals surface area contributed by atoms with E-state index < -0.39 is 0 Å². The number of aliphatic hydroxyl groups is 1. The molecular formula is C18H29N5O3. The van der Waals surface area contributed by atoms with Crippen molar-refractivity contribution in [3.05, 3.63) is 22.6 Å². The molecule has 0 radical (unpaired) electrons. The molecule has 2 aliphatic heterocycles. The van der Waals surface area contributed by atoms with Gasteiger partial charge in [0, 0.05) is 39.3 Å². The Hall–Kier alpha value is -1.93. The van der Waals surface area contributed by atoms with Gasteiger partial charge in [-0.1, -0.05) is 0 Å². The minimum absolute atomic E-state index is 0.0392. The molecule has 2 aliphatic rings. The maximum absolute atomic E-state index is 12.1. The molecule has 0 spiro atoms. The van der Waals surface area contributed by atoms with Gasteiger partial charge in [-0.2, -0.15) is 5.10 Å². The zero-order chi connectivity index (χ0) is 18.5. The maximum atomic E-state index is 12.1. The number of hydrogen-bond acceptors (Lipinski definition) is 6. The van der Waals surface area contributed by atoms with E-state index in [1.807, 2.05) is 4.90 Å². The SMILES string of the molecule is Cn1ncc(N2CCC(CNC(=O)CN3CCC[C@@H](O)C3)CC2)cc1=O. The number of carbonyl (C=O) groups excluding carboxylic acids is 1. The molecule has 8 heteroatoms. The maximum Gasteiger partial charge on any atom is 0.268 e. The monoisotopic (exact) mass is 363 g/mol. The average Bonchev–Trinajstić information content (AvgIpc) is 2.63. The number of hydrogen-bond donors (Lipinski definition) is 2. The Bertz CT molecular complexity index is 669. The number of likely N-dealkylation sites (tertiary alicyclic amines) is 1. The van der Waals surface area contributed by atoms with Crippen LogP contribution in [0.1, 0.15) is 25.7 Å². The normalized spacial score (nSPS) is 22.4. The summed E-state index contributed by atoms with van der Waals surface area (Å²) in [6.45, 7) is 4.28. The molecule has 0 bridgehead atoms. The second-order valence-corrected chi connectivity index (χ2v) is 7.44. The third kappa shape index (κ3) is 5.04. The zero-order valence-corrected chi connectivity index (χ0v) is 15.4. The molecule has 2 fully saturated rings. The number of amides is 1. The zero-order valence-electron chi connectivity index (χ0n) is 15.4. The van der Waals surface area contributed by atoms with Crippen molar-refractivity contribution < 1.29 is 9.90 Å². The molecule has 1 aromatic heterocycles. The van der Waals surface area contributed by atoms with Crippen LogP contribution >= 0.6 is 0 Å². The van der Waals surface area contributed by atoms with Gasteiger partial charge >= 0.3 is 0 Å². The summed E-state index contributed by atoms with van der Waals surface area (Å²) < 4.78 is 1.33. The second kappa shape index (κ2) is 8.64. The van der Waals surface area contributed by atoms with Crippen molar-refractivity contribution in [1.82, 2.24) is 20.0 Å². The minimum atomic E-state index is -0.301. The Morgan fingerprint density at radius 1 is 1.31 bits per heavy atom. The number of nitrogens with one attached hydrogen (secondary N) is 1. The fourth-order valence-corrected chi connectivity index (χ4v) is 3.72. The largest absolute Gasteiger partial charge is 0.392 e. The fraction of sp³-hybridized carbons (Fsp3) is 0.722. The molecule has 0 unspecified atom stereocenters. The summed E-state index contributed by atoms with van der Waals surface area (Å²) in [5.41, 5.74) is 0.777. The van der Waals surface area contributed by atoms with Crippen molar-refractivity contribution in [2.75, 3.05) is 44.2 Å². The summed E-state index contributed by atoms with van der Waals surface area (Å²) in [6.07, 6.45) is 5.18. The van der Waals surface area contributed by atoms with E-state index in [2.05, 4.69) is 15.3 Å². The van der Waals surface area contributed by atoms with Crippen LogP contribution in [-0.4, -0.2) is 71.1 Å². The Morgan fingerprint density at radius 3 is 2.77 bits per heavy atom. The van der Waals surface area contributed by atoms with Gasteiger partial charge in [-0.15, -0.1) is 0 Å². The molecule has 26 heavy (non-hydrogen) atoms. The first-order chi connectivity index (χ1) is 12.5. The Balaban J connectivity index is 1.39. The molecular weight excluding hydrogens is 334 g/mol. The van der Waals surface area contributed by atoms with Crippen LogP contribution in [0.15, 0.2) is 17.1 Å². The quantitative estimate of drug-likeness (QED) is 0.738. The highest BCUT2D eigenvalue weighted by Gasteiger charge is 2.22. The van der Waals surface area contributed by atoms with E-state index in [4.69, 9.17) is 0 Å². The van der Waals surface area contributed by atoms with Crippen molar-refractivity contribution in [1.29, 1.82) is 0 Å². The van der Waals surface area contributed by atoms with Gasteiger partial charge in [0.25, 0.3) is 5.56 Å². The third-order valence-corrected chi connectivity index (χ3v) is 5.37. The van der Waals surface area contributed by atoms with Gasteiger partial charge < -0.3 is 15.3 Å². The number of rotatable bonds is 5. The summed E-state index contributed by atoms with van der Waals surface area (Å²) in [6, 6.07) is 1.63. The molecule has 1 atom stereocenters. The molecule has 3 rings (SSSR count). The van der Waals surface area contributed by atoms with Gasteiger partial charge in [-0.25, -0.2) is 4.68 Å². The molecule has 0 aliphatic carbocycles. The Labute approximate surface area is 153 Å². The van der Waals surface area contributed by atoms with E-state index >= 15 is 0 Å². The Kier molecular flexibility index (Phi) is 6.26. The van der Waals surface area contributed by atoms with Crippen LogP contribution in [0.4, 0.5) is 5.69 Å². The lowest BCUT2D eigenvalue weighted by molar-refractivity contribution is -0.123. The lowest BCUT2D eigenvalue weighted by Gasteiger charge is -2.33. The molecule has 0 saturated carbocycles. The van der Waals surface area contributed by atoms with E-state index in [9.17, 15) is 14.7 Å². The highest BCUT2D eigenvalue weighted by atomic mass is 16.3. The number of nitrogens with zero attached hydrogens (tertiary/aromatic N) is 4. The van der Waals surface area contributed by atoms with Crippen LogP contribution < -0.4 is 15.8 Å². The molecule has 1 amide bonds. The molecule has 0 aromatic carbocycles. The number of piperidine rings is 2. The van der Waals surface area contributed by atoms with Crippen LogP contribution in [0.25, 0.3) is 0 Å². The summed E-state index contributed by atoms with van der Waals surface area (Å²) >= 11 is 0. The first-order valence-electron chi connectivity index (χ1n) is 9.46. The summed E-state index contributed by atoms with van der Waals surface area (Å²) in [4.78, 5) is 28.0. The topological polar surface area (TPSA) is 90.7 Å². The third-order valence-electron chi connectivity index (χ3n) is 5.37. The van der Waals surface area contributed by atoms with Crippen LogP contribution in [0, 0.1) is 5.92 Å². The van der Waals surface area contributed by atoms with Gasteiger partial charge in [-0.3, -0.25) is 14.5 Å². The highest BCUT2D eigenvalue weighted by molar-refractivity contribution is 5.78. The molecule has 2 saturated heterocycles. The summed E-state index contributed by atoms with van der Waals surface area (Å²) in [7, 11) is 1.64. The molecule has 8 nitrogen and oxygen atoms in total. The standard InChI is InChI=1S/C18H29N5O3/c1-21-18(26)9-15(11-20-21)23-7-4-14(5-8-23)10-19-17(25)13-22-6-2-3-16(24)12-22/h9,11,14,16,24H,2-8,10,12-13H2,1H3,(H,19,25)/t16-/m1/s1. The summed E-state index contributed by atoms with van der Waals surface area (Å²) in [5, 5.41) is 16.8. The number of aliphatic hydroxyl groups excluding tert-OH is 1. The lowest BCUT2D eigenvalue weighted by Crippen LogP contribution is -2.45. The van der Waals surface area contributed by atoms with E-state index in [1.54, 1.807) is 19.3 Å². The van der Waals surface area contributed by atoms with Gasteiger partial charge in [0.2, 0.25) is 5.91 Å². The van der Waals surface area contributed by atoms with E-state index in [0.717, 1.165) is 51.0 Å². The predicted molar refractivity (Wildman–Crippen MR) is 99.1 cm³/mol. The average molecular weight is 363 g/mol. The number of aromatic nitrogens is 2. The van der Waals surface area contributed by atoms with Gasteiger partial charge in [0.05, 0.1) is 24.5 Å². The second-order valence-electron chi connectivity index (χ2n) is 7.44. The van der Waals surface area contributed by atoms with Crippen molar-refractivity contribution in [2.45, 2.75) is 31.8 Å². The van der Waals surface area contributed by atoms with E-state index in [0.29, 0.717) is 25.6 Å². The van der Waals surface area contributed by atoms with Crippen LogP contribution in [0.3, 0.4) is 0 Å². The van der Waals surface area contributed by atoms with Crippen LogP contribution in [-0.2, 0) is 11.8 Å². The smallest absolute Gasteiger partial charge is 0.268 e. The molecule has 1 aromatic rings. The number of β-amino-alcohol motifs (C(OH)–C–C–N with tert-alkyl or cyclic N) is 1. The fourth-order valence-electron chi connectivity index (χ4n) is 3.72. The van der Waals surface area contributed by atoms with Gasteiger partial charge in [-0.05, 0) is 38.1 Å². The first-order valence-corrected chi connectivity index (χ1v) is 9.46. The number of carbonyl (C=O) groups is 1. The van der Waals surface area contributed by atoms with Crippen LogP contribution in [0.5, 0.6) is 0 Å².